The highest BCUT2D eigenvalue weighted by atomic mass is 79.9. The summed E-state index contributed by atoms with van der Waals surface area (Å²) in [5.41, 5.74) is 1.67. The van der Waals surface area contributed by atoms with Crippen molar-refractivity contribution in [3.63, 3.8) is 0 Å². The Hall–Kier alpha value is -1.42. The predicted octanol–water partition coefficient (Wildman–Crippen LogP) is 4.86. The van der Waals surface area contributed by atoms with Crippen molar-refractivity contribution in [2.24, 2.45) is 0 Å². The maximum atomic E-state index is 12.7. The molecule has 0 heterocycles. The zero-order chi connectivity index (χ0) is 16.3. The maximum Gasteiger partial charge on any atom is 0.217 e. The first-order valence-electron chi connectivity index (χ1n) is 6.23. The number of aryl methyl sites for hydroxylation is 1. The Labute approximate surface area is 146 Å². The van der Waals surface area contributed by atoms with Gasteiger partial charge >= 0.3 is 0 Å². The van der Waals surface area contributed by atoms with E-state index in [9.17, 15) is 13.7 Å². The molecule has 3 nitrogen and oxygen atoms in total. The normalized spacial score (nSPS) is 12.0. The van der Waals surface area contributed by atoms with Crippen LogP contribution in [0.5, 0.6) is 0 Å². The summed E-state index contributed by atoms with van der Waals surface area (Å²) in [5.74, 6) is 0. The van der Waals surface area contributed by atoms with Gasteiger partial charge in [-0.15, -0.1) is 0 Å². The van der Waals surface area contributed by atoms with Gasteiger partial charge in [-0.05, 0) is 52.7 Å². The summed E-state index contributed by atoms with van der Waals surface area (Å²) in [6.07, 6.45) is 1.38. The average Bonchev–Trinajstić information content (AvgIpc) is 2.47. The van der Waals surface area contributed by atoms with Crippen molar-refractivity contribution < 1.29 is 8.42 Å². The Balaban J connectivity index is 2.60. The van der Waals surface area contributed by atoms with Crippen LogP contribution in [-0.4, -0.2) is 8.42 Å². The zero-order valence-corrected chi connectivity index (χ0v) is 15.5. The highest BCUT2D eigenvalue weighted by molar-refractivity contribution is 9.11. The first-order valence-corrected chi connectivity index (χ1v) is 9.30. The van der Waals surface area contributed by atoms with Gasteiger partial charge in [-0.1, -0.05) is 45.8 Å². The molecular formula is C16H11Br2NO2S. The van der Waals surface area contributed by atoms with Crippen molar-refractivity contribution in [1.82, 2.24) is 0 Å². The number of halogens is 2. The van der Waals surface area contributed by atoms with E-state index < -0.39 is 9.84 Å². The molecule has 22 heavy (non-hydrogen) atoms. The molecule has 0 amide bonds. The van der Waals surface area contributed by atoms with Crippen molar-refractivity contribution >= 4 is 47.8 Å². The molecular weight excluding hydrogens is 430 g/mol. The second kappa shape index (κ2) is 6.78. The van der Waals surface area contributed by atoms with Gasteiger partial charge in [-0.3, -0.25) is 0 Å². The molecule has 0 fully saturated rings. The van der Waals surface area contributed by atoms with Gasteiger partial charge in [0.1, 0.15) is 11.0 Å². The molecule has 0 N–H and O–H groups in total. The number of hydrogen-bond donors (Lipinski definition) is 0. The number of hydrogen-bond acceptors (Lipinski definition) is 3. The van der Waals surface area contributed by atoms with Crippen LogP contribution in [0.4, 0.5) is 0 Å². The molecule has 2 aromatic rings. The second-order valence-electron chi connectivity index (χ2n) is 4.61. The largest absolute Gasteiger partial charge is 0.218 e. The number of nitrogens with zero attached hydrogens (tertiary/aromatic N) is 1. The predicted molar refractivity (Wildman–Crippen MR) is 93.8 cm³/mol. The van der Waals surface area contributed by atoms with Gasteiger partial charge in [-0.2, -0.15) is 5.26 Å². The Bertz CT molecular complexity index is 897. The molecule has 0 unspecified atom stereocenters. The fraction of sp³-hybridized carbons (Fsp3) is 0.0625. The molecule has 6 heteroatoms. The minimum absolute atomic E-state index is 0.0577. The van der Waals surface area contributed by atoms with Gasteiger partial charge in [-0.25, -0.2) is 8.42 Å². The Morgan fingerprint density at radius 2 is 1.91 bits per heavy atom. The van der Waals surface area contributed by atoms with Crippen LogP contribution in [0.25, 0.3) is 6.08 Å². The van der Waals surface area contributed by atoms with Crippen LogP contribution >= 0.6 is 31.9 Å². The monoisotopic (exact) mass is 439 g/mol. The summed E-state index contributed by atoms with van der Waals surface area (Å²) >= 11 is 6.47. The van der Waals surface area contributed by atoms with E-state index in [0.717, 1.165) is 5.56 Å². The van der Waals surface area contributed by atoms with Crippen molar-refractivity contribution in [3.8, 4) is 6.07 Å². The summed E-state index contributed by atoms with van der Waals surface area (Å²) in [5, 5.41) is 9.29. The van der Waals surface area contributed by atoms with Gasteiger partial charge in [0.25, 0.3) is 0 Å². The van der Waals surface area contributed by atoms with E-state index in [0.29, 0.717) is 14.5 Å². The maximum absolute atomic E-state index is 12.7. The van der Waals surface area contributed by atoms with Crippen molar-refractivity contribution in [2.75, 3.05) is 0 Å². The highest BCUT2D eigenvalue weighted by Crippen LogP contribution is 2.30. The lowest BCUT2D eigenvalue weighted by Crippen LogP contribution is -2.04. The molecule has 0 aromatic heterocycles. The Kier molecular flexibility index (Phi) is 5.22. The van der Waals surface area contributed by atoms with Crippen molar-refractivity contribution in [1.29, 1.82) is 5.26 Å². The topological polar surface area (TPSA) is 57.9 Å². The van der Waals surface area contributed by atoms with Crippen LogP contribution in [0, 0.1) is 18.3 Å². The molecule has 2 rings (SSSR count). The fourth-order valence-electron chi connectivity index (χ4n) is 1.88. The van der Waals surface area contributed by atoms with E-state index in [1.165, 1.54) is 12.1 Å². The molecule has 112 valence electrons. The third-order valence-corrected chi connectivity index (χ3v) is 6.07. The van der Waals surface area contributed by atoms with E-state index in [1.807, 2.05) is 25.1 Å². The van der Waals surface area contributed by atoms with Gasteiger partial charge < -0.3 is 0 Å². The number of allylic oxidation sites excluding steroid dienone is 1. The Morgan fingerprint density at radius 1 is 1.18 bits per heavy atom. The number of sulfone groups is 1. The lowest BCUT2D eigenvalue weighted by molar-refractivity contribution is 0.603. The summed E-state index contributed by atoms with van der Waals surface area (Å²) < 4.78 is 26.4. The van der Waals surface area contributed by atoms with Crippen LogP contribution in [0.2, 0.25) is 0 Å². The van der Waals surface area contributed by atoms with Crippen LogP contribution in [0.1, 0.15) is 11.1 Å². The van der Waals surface area contributed by atoms with Crippen LogP contribution in [0.3, 0.4) is 0 Å². The van der Waals surface area contributed by atoms with E-state index in [4.69, 9.17) is 0 Å². The third kappa shape index (κ3) is 3.67. The van der Waals surface area contributed by atoms with Gasteiger partial charge in [0, 0.05) is 8.95 Å². The molecule has 0 atom stereocenters. The van der Waals surface area contributed by atoms with Gasteiger partial charge in [0.15, 0.2) is 0 Å². The van der Waals surface area contributed by atoms with Gasteiger partial charge in [0.2, 0.25) is 9.84 Å². The van der Waals surface area contributed by atoms with Crippen molar-refractivity contribution in [3.05, 3.63) is 67.4 Å². The molecule has 2 aromatic carbocycles. The number of rotatable bonds is 3. The molecule has 0 bridgehead atoms. The molecule has 0 saturated carbocycles. The SMILES string of the molecule is Cc1cccc(/C=C(\C#N)S(=O)(=O)c2cc(Br)ccc2Br)c1. The Morgan fingerprint density at radius 3 is 2.55 bits per heavy atom. The quantitative estimate of drug-likeness (QED) is 0.640. The molecule has 0 saturated heterocycles. The van der Waals surface area contributed by atoms with Crippen molar-refractivity contribution in [2.45, 2.75) is 11.8 Å². The molecule has 0 aliphatic carbocycles. The lowest BCUT2D eigenvalue weighted by Gasteiger charge is -2.06. The second-order valence-corrected chi connectivity index (χ2v) is 8.27. The molecule has 0 spiro atoms. The highest BCUT2D eigenvalue weighted by Gasteiger charge is 2.23. The first kappa shape index (κ1) is 16.9. The lowest BCUT2D eigenvalue weighted by atomic mass is 10.1. The van der Waals surface area contributed by atoms with Gasteiger partial charge in [0.05, 0.1) is 4.90 Å². The molecule has 0 aliphatic heterocycles. The average molecular weight is 441 g/mol. The number of nitriles is 1. The standard InChI is InChI=1S/C16H11Br2NO2S/c1-11-3-2-4-12(7-11)8-14(10-19)22(20,21)16-9-13(17)5-6-15(16)18/h2-9H,1H3/b14-8+. The summed E-state index contributed by atoms with van der Waals surface area (Å²) in [6, 6.07) is 13.9. The van der Waals surface area contributed by atoms with E-state index in [2.05, 4.69) is 31.9 Å². The minimum Gasteiger partial charge on any atom is -0.218 e. The fourth-order valence-corrected chi connectivity index (χ4v) is 4.54. The molecule has 0 aliphatic rings. The summed E-state index contributed by atoms with van der Waals surface area (Å²) in [7, 11) is -3.89. The van der Waals surface area contributed by atoms with E-state index in [-0.39, 0.29) is 9.80 Å². The van der Waals surface area contributed by atoms with E-state index >= 15 is 0 Å². The summed E-state index contributed by atoms with van der Waals surface area (Å²) in [6.45, 7) is 1.91. The smallest absolute Gasteiger partial charge is 0.217 e. The summed E-state index contributed by atoms with van der Waals surface area (Å²) in [4.78, 5) is -0.237. The van der Waals surface area contributed by atoms with E-state index in [1.54, 1.807) is 24.3 Å². The van der Waals surface area contributed by atoms with Crippen LogP contribution in [-0.2, 0) is 9.84 Å². The van der Waals surface area contributed by atoms with Crippen LogP contribution in [0.15, 0.2) is 61.2 Å². The zero-order valence-electron chi connectivity index (χ0n) is 11.5. The third-order valence-electron chi connectivity index (χ3n) is 2.92. The molecule has 0 radical (unpaired) electrons. The van der Waals surface area contributed by atoms with Crippen LogP contribution < -0.4 is 0 Å². The number of benzene rings is 2. The minimum atomic E-state index is -3.89. The first-order chi connectivity index (χ1) is 10.3.